The van der Waals surface area contributed by atoms with E-state index in [0.717, 1.165) is 28.0 Å². The number of benzene rings is 1. The molecule has 0 radical (unpaired) electrons. The van der Waals surface area contributed by atoms with Gasteiger partial charge in [0.25, 0.3) is 0 Å². The van der Waals surface area contributed by atoms with E-state index in [4.69, 9.17) is 17.3 Å². The number of hydrogen-bond acceptors (Lipinski definition) is 2. The Labute approximate surface area is 107 Å². The van der Waals surface area contributed by atoms with Crippen LogP contribution in [0.3, 0.4) is 0 Å². The Morgan fingerprint density at radius 2 is 2.00 bits per heavy atom. The summed E-state index contributed by atoms with van der Waals surface area (Å²) in [6.07, 6.45) is 0.770. The van der Waals surface area contributed by atoms with Crippen LogP contribution >= 0.6 is 11.6 Å². The highest BCUT2D eigenvalue weighted by molar-refractivity contribution is 6.31. The molecule has 90 valence electrons. The van der Waals surface area contributed by atoms with Crippen molar-refractivity contribution < 1.29 is 0 Å². The van der Waals surface area contributed by atoms with Gasteiger partial charge in [-0.1, -0.05) is 11.6 Å². The van der Waals surface area contributed by atoms with Crippen LogP contribution in [0.1, 0.15) is 25.1 Å². The maximum atomic E-state index is 6.02. The number of aromatic nitrogens is 1. The van der Waals surface area contributed by atoms with Crippen molar-refractivity contribution in [3.63, 3.8) is 0 Å². The van der Waals surface area contributed by atoms with E-state index in [1.807, 2.05) is 32.0 Å². The molecule has 0 amide bonds. The predicted molar refractivity (Wildman–Crippen MR) is 73.5 cm³/mol. The lowest BCUT2D eigenvalue weighted by Gasteiger charge is -2.18. The molecule has 2 nitrogen and oxygen atoms in total. The number of hydrogen-bond donors (Lipinski definition) is 1. The van der Waals surface area contributed by atoms with E-state index in [2.05, 4.69) is 18.0 Å². The molecule has 0 fully saturated rings. The highest BCUT2D eigenvalue weighted by Gasteiger charge is 2.13. The van der Waals surface area contributed by atoms with Crippen molar-refractivity contribution in [2.45, 2.75) is 32.7 Å². The number of rotatable bonds is 2. The second kappa shape index (κ2) is 4.28. The number of aryl methyl sites for hydroxylation is 1. The molecule has 0 aliphatic heterocycles. The van der Waals surface area contributed by atoms with Crippen molar-refractivity contribution in [1.82, 2.24) is 4.98 Å². The van der Waals surface area contributed by atoms with Gasteiger partial charge < -0.3 is 5.73 Å². The zero-order valence-electron chi connectivity index (χ0n) is 10.4. The van der Waals surface area contributed by atoms with Crippen molar-refractivity contribution in [3.05, 3.63) is 40.5 Å². The minimum Gasteiger partial charge on any atom is -0.325 e. The van der Waals surface area contributed by atoms with Gasteiger partial charge in [0.05, 0.1) is 5.52 Å². The summed E-state index contributed by atoms with van der Waals surface area (Å²) in [5.41, 5.74) is 8.99. The van der Waals surface area contributed by atoms with Crippen LogP contribution in [-0.4, -0.2) is 10.5 Å². The fourth-order valence-electron chi connectivity index (χ4n) is 1.99. The standard InChI is InChI=1S/C14H17ClN2/c1-9-6-11(8-14(2,3)16)17-13-5-4-10(15)7-12(9)13/h4-7H,8,16H2,1-3H3. The van der Waals surface area contributed by atoms with Gasteiger partial charge in [0.15, 0.2) is 0 Å². The Morgan fingerprint density at radius 3 is 2.65 bits per heavy atom. The van der Waals surface area contributed by atoms with Crippen molar-refractivity contribution in [2.75, 3.05) is 0 Å². The zero-order chi connectivity index (χ0) is 12.6. The lowest BCUT2D eigenvalue weighted by atomic mass is 9.98. The number of fused-ring (bicyclic) bond motifs is 1. The van der Waals surface area contributed by atoms with Crippen molar-refractivity contribution >= 4 is 22.5 Å². The minimum absolute atomic E-state index is 0.237. The molecule has 1 aromatic carbocycles. The summed E-state index contributed by atoms with van der Waals surface area (Å²) in [6.45, 7) is 6.10. The molecule has 17 heavy (non-hydrogen) atoms. The summed E-state index contributed by atoms with van der Waals surface area (Å²) < 4.78 is 0. The van der Waals surface area contributed by atoms with Crippen LogP contribution < -0.4 is 5.73 Å². The van der Waals surface area contributed by atoms with E-state index < -0.39 is 0 Å². The molecule has 1 aromatic heterocycles. The van der Waals surface area contributed by atoms with Crippen LogP contribution in [0, 0.1) is 6.92 Å². The molecule has 0 atom stereocenters. The van der Waals surface area contributed by atoms with Gasteiger partial charge in [0, 0.05) is 28.1 Å². The van der Waals surface area contributed by atoms with E-state index in [1.165, 1.54) is 5.56 Å². The third-order valence-corrected chi connectivity index (χ3v) is 2.90. The summed E-state index contributed by atoms with van der Waals surface area (Å²) in [5, 5.41) is 1.85. The first-order chi connectivity index (χ1) is 7.85. The molecular weight excluding hydrogens is 232 g/mol. The van der Waals surface area contributed by atoms with Gasteiger partial charge in [-0.05, 0) is 50.6 Å². The highest BCUT2D eigenvalue weighted by atomic mass is 35.5. The maximum absolute atomic E-state index is 6.02. The number of nitrogens with zero attached hydrogens (tertiary/aromatic N) is 1. The Balaban J connectivity index is 2.52. The second-order valence-electron chi connectivity index (χ2n) is 5.26. The SMILES string of the molecule is Cc1cc(CC(C)(C)N)nc2ccc(Cl)cc12. The molecule has 0 aliphatic rings. The first-order valence-electron chi connectivity index (χ1n) is 5.70. The fourth-order valence-corrected chi connectivity index (χ4v) is 2.17. The molecule has 2 N–H and O–H groups in total. The van der Waals surface area contributed by atoms with E-state index in [0.29, 0.717) is 0 Å². The van der Waals surface area contributed by atoms with Gasteiger partial charge in [-0.2, -0.15) is 0 Å². The Kier molecular flexibility index (Phi) is 3.11. The first-order valence-corrected chi connectivity index (χ1v) is 6.08. The van der Waals surface area contributed by atoms with E-state index in [1.54, 1.807) is 0 Å². The smallest absolute Gasteiger partial charge is 0.0709 e. The third kappa shape index (κ3) is 2.96. The van der Waals surface area contributed by atoms with Gasteiger partial charge >= 0.3 is 0 Å². The minimum atomic E-state index is -0.237. The molecule has 0 saturated carbocycles. The van der Waals surface area contributed by atoms with Crippen LogP contribution in [0.25, 0.3) is 10.9 Å². The number of halogens is 1. The van der Waals surface area contributed by atoms with Crippen molar-refractivity contribution in [2.24, 2.45) is 5.73 Å². The van der Waals surface area contributed by atoms with Gasteiger partial charge in [-0.3, -0.25) is 4.98 Å². The van der Waals surface area contributed by atoms with Gasteiger partial charge in [0.1, 0.15) is 0 Å². The lowest BCUT2D eigenvalue weighted by molar-refractivity contribution is 0.511. The molecule has 1 heterocycles. The topological polar surface area (TPSA) is 38.9 Å². The number of pyridine rings is 1. The Hall–Kier alpha value is -1.12. The molecule has 0 spiro atoms. The lowest BCUT2D eigenvalue weighted by Crippen LogP contribution is -2.34. The second-order valence-corrected chi connectivity index (χ2v) is 5.69. The monoisotopic (exact) mass is 248 g/mol. The van der Waals surface area contributed by atoms with Crippen LogP contribution in [0.15, 0.2) is 24.3 Å². The van der Waals surface area contributed by atoms with E-state index in [9.17, 15) is 0 Å². The van der Waals surface area contributed by atoms with Crippen molar-refractivity contribution in [1.29, 1.82) is 0 Å². The molecule has 0 aliphatic carbocycles. The average Bonchev–Trinajstić information content (AvgIpc) is 2.17. The van der Waals surface area contributed by atoms with Gasteiger partial charge in [-0.25, -0.2) is 0 Å². The molecule has 2 rings (SSSR count). The quantitative estimate of drug-likeness (QED) is 0.884. The summed E-state index contributed by atoms with van der Waals surface area (Å²) in [6, 6.07) is 7.87. The van der Waals surface area contributed by atoms with E-state index >= 15 is 0 Å². The predicted octanol–water partition coefficient (Wildman–Crippen LogP) is 3.48. The maximum Gasteiger partial charge on any atom is 0.0709 e. The first kappa shape index (κ1) is 12.3. The van der Waals surface area contributed by atoms with Gasteiger partial charge in [-0.15, -0.1) is 0 Å². The van der Waals surface area contributed by atoms with Crippen LogP contribution in [0.5, 0.6) is 0 Å². The van der Waals surface area contributed by atoms with Crippen LogP contribution in [0.4, 0.5) is 0 Å². The van der Waals surface area contributed by atoms with Gasteiger partial charge in [0.2, 0.25) is 0 Å². The summed E-state index contributed by atoms with van der Waals surface area (Å²) in [5.74, 6) is 0. The summed E-state index contributed by atoms with van der Waals surface area (Å²) in [4.78, 5) is 4.62. The zero-order valence-corrected chi connectivity index (χ0v) is 11.2. The number of nitrogens with two attached hydrogens (primary N) is 1. The Bertz CT molecular complexity index is 556. The molecule has 2 aromatic rings. The molecule has 0 saturated heterocycles. The summed E-state index contributed by atoms with van der Waals surface area (Å²) >= 11 is 5.99. The Morgan fingerprint density at radius 1 is 1.29 bits per heavy atom. The summed E-state index contributed by atoms with van der Waals surface area (Å²) in [7, 11) is 0. The average molecular weight is 249 g/mol. The fraction of sp³-hybridized carbons (Fsp3) is 0.357. The largest absolute Gasteiger partial charge is 0.325 e. The normalized spacial score (nSPS) is 12.1. The molecule has 3 heteroatoms. The molecule has 0 unspecified atom stereocenters. The van der Waals surface area contributed by atoms with E-state index in [-0.39, 0.29) is 5.54 Å². The molecular formula is C14H17ClN2. The highest BCUT2D eigenvalue weighted by Crippen LogP contribution is 2.23. The van der Waals surface area contributed by atoms with Crippen LogP contribution in [-0.2, 0) is 6.42 Å². The molecule has 0 bridgehead atoms. The third-order valence-electron chi connectivity index (χ3n) is 2.67. The van der Waals surface area contributed by atoms with Crippen LogP contribution in [0.2, 0.25) is 5.02 Å². The van der Waals surface area contributed by atoms with Crippen molar-refractivity contribution in [3.8, 4) is 0 Å².